The van der Waals surface area contributed by atoms with Gasteiger partial charge in [-0.15, -0.1) is 0 Å². The van der Waals surface area contributed by atoms with Crippen LogP contribution in [0.25, 0.3) is 0 Å². The maximum Gasteiger partial charge on any atom is 0.229 e. The van der Waals surface area contributed by atoms with Gasteiger partial charge in [-0.1, -0.05) is 30.3 Å². The van der Waals surface area contributed by atoms with E-state index in [0.29, 0.717) is 6.42 Å². The van der Waals surface area contributed by atoms with Crippen LogP contribution in [0, 0.1) is 17.1 Å². The Labute approximate surface area is 145 Å². The molecule has 0 bridgehead atoms. The Kier molecular flexibility index (Phi) is 4.36. The number of hydrogen-bond acceptors (Lipinski definition) is 5. The number of anilines is 2. The standard InChI is InChI=1S/C18H18FN5O/c1-12(13-6-4-3-5-7-13)22-17-21-10-14(19)16(23-17)24-15(25)8-9-18(24,2)11-20/h3-7,10,12H,8-9H2,1-2H3,(H,21,22,23)/t12-,18?/m0/s1. The number of hydrogen-bond donors (Lipinski definition) is 1. The molecule has 1 aromatic heterocycles. The lowest BCUT2D eigenvalue weighted by molar-refractivity contribution is -0.117. The molecule has 0 spiro atoms. The van der Waals surface area contributed by atoms with Gasteiger partial charge in [0, 0.05) is 6.42 Å². The summed E-state index contributed by atoms with van der Waals surface area (Å²) < 4.78 is 14.3. The molecule has 2 heterocycles. The number of aromatic nitrogens is 2. The van der Waals surface area contributed by atoms with Crippen LogP contribution in [0.15, 0.2) is 36.5 Å². The average Bonchev–Trinajstić information content (AvgIpc) is 2.93. The number of rotatable bonds is 4. The zero-order valence-electron chi connectivity index (χ0n) is 14.0. The Hall–Kier alpha value is -3.01. The van der Waals surface area contributed by atoms with Crippen LogP contribution in [0.3, 0.4) is 0 Å². The third-order valence-electron chi connectivity index (χ3n) is 4.39. The lowest BCUT2D eigenvalue weighted by Crippen LogP contribution is -2.43. The molecular weight excluding hydrogens is 321 g/mol. The summed E-state index contributed by atoms with van der Waals surface area (Å²) in [4.78, 5) is 21.5. The molecule has 3 rings (SSSR count). The van der Waals surface area contributed by atoms with Gasteiger partial charge >= 0.3 is 0 Å². The maximum atomic E-state index is 14.3. The largest absolute Gasteiger partial charge is 0.348 e. The van der Waals surface area contributed by atoms with E-state index in [2.05, 4.69) is 21.4 Å². The second-order valence-electron chi connectivity index (χ2n) is 6.26. The molecule has 2 aromatic rings. The summed E-state index contributed by atoms with van der Waals surface area (Å²) in [7, 11) is 0. The molecule has 2 atom stereocenters. The average molecular weight is 339 g/mol. The molecule has 6 nitrogen and oxygen atoms in total. The van der Waals surface area contributed by atoms with Crippen LogP contribution in [0.1, 0.15) is 38.3 Å². The van der Waals surface area contributed by atoms with Crippen LogP contribution in [-0.4, -0.2) is 21.4 Å². The number of nitriles is 1. The van der Waals surface area contributed by atoms with Crippen molar-refractivity contribution in [2.45, 2.75) is 38.3 Å². The first-order valence-corrected chi connectivity index (χ1v) is 8.03. The summed E-state index contributed by atoms with van der Waals surface area (Å²) in [5.41, 5.74) is -0.0784. The van der Waals surface area contributed by atoms with Crippen molar-refractivity contribution < 1.29 is 9.18 Å². The fraction of sp³-hybridized carbons (Fsp3) is 0.333. The molecule has 1 fully saturated rings. The van der Waals surface area contributed by atoms with Crippen molar-refractivity contribution in [2.75, 3.05) is 10.2 Å². The van der Waals surface area contributed by atoms with E-state index in [-0.39, 0.29) is 30.1 Å². The van der Waals surface area contributed by atoms with Gasteiger partial charge in [-0.25, -0.2) is 9.37 Å². The van der Waals surface area contributed by atoms with E-state index in [9.17, 15) is 14.4 Å². The Morgan fingerprint density at radius 2 is 2.12 bits per heavy atom. The van der Waals surface area contributed by atoms with E-state index < -0.39 is 11.4 Å². The Bertz CT molecular complexity index is 835. The molecule has 1 aromatic carbocycles. The molecule has 1 unspecified atom stereocenters. The predicted octanol–water partition coefficient (Wildman–Crippen LogP) is 3.20. The highest BCUT2D eigenvalue weighted by molar-refractivity contribution is 5.97. The van der Waals surface area contributed by atoms with Crippen molar-refractivity contribution in [3.8, 4) is 6.07 Å². The van der Waals surface area contributed by atoms with Crippen molar-refractivity contribution in [1.82, 2.24) is 9.97 Å². The van der Waals surface area contributed by atoms with Crippen molar-refractivity contribution in [3.63, 3.8) is 0 Å². The second-order valence-corrected chi connectivity index (χ2v) is 6.26. The summed E-state index contributed by atoms with van der Waals surface area (Å²) in [5.74, 6) is -1.00. The van der Waals surface area contributed by atoms with E-state index in [1.807, 2.05) is 37.3 Å². The third-order valence-corrected chi connectivity index (χ3v) is 4.39. The van der Waals surface area contributed by atoms with Gasteiger partial charge in [0.25, 0.3) is 0 Å². The van der Waals surface area contributed by atoms with Gasteiger partial charge in [0.2, 0.25) is 11.9 Å². The Balaban J connectivity index is 1.91. The van der Waals surface area contributed by atoms with Gasteiger partial charge in [0.15, 0.2) is 11.6 Å². The first-order chi connectivity index (χ1) is 11.9. The van der Waals surface area contributed by atoms with Crippen LogP contribution in [0.4, 0.5) is 16.2 Å². The zero-order chi connectivity index (χ0) is 18.0. The minimum Gasteiger partial charge on any atom is -0.348 e. The molecule has 7 heteroatoms. The highest BCUT2D eigenvalue weighted by atomic mass is 19.1. The fourth-order valence-corrected chi connectivity index (χ4v) is 2.91. The van der Waals surface area contributed by atoms with Crippen molar-refractivity contribution in [1.29, 1.82) is 5.26 Å². The van der Waals surface area contributed by atoms with Crippen LogP contribution < -0.4 is 10.2 Å². The Morgan fingerprint density at radius 3 is 2.80 bits per heavy atom. The number of amides is 1. The first kappa shape index (κ1) is 16.8. The van der Waals surface area contributed by atoms with E-state index in [4.69, 9.17) is 0 Å². The lowest BCUT2D eigenvalue weighted by atomic mass is 10.0. The monoisotopic (exact) mass is 339 g/mol. The molecule has 25 heavy (non-hydrogen) atoms. The van der Waals surface area contributed by atoms with E-state index >= 15 is 0 Å². The smallest absolute Gasteiger partial charge is 0.229 e. The third kappa shape index (κ3) is 3.15. The fourth-order valence-electron chi connectivity index (χ4n) is 2.91. The first-order valence-electron chi connectivity index (χ1n) is 8.03. The van der Waals surface area contributed by atoms with Gasteiger partial charge in [-0.05, 0) is 25.8 Å². The summed E-state index contributed by atoms with van der Waals surface area (Å²) in [6.45, 7) is 3.54. The number of carbonyl (C=O) groups is 1. The normalized spacial score (nSPS) is 21.0. The molecule has 1 aliphatic rings. The van der Waals surface area contributed by atoms with Gasteiger partial charge in [0.05, 0.1) is 18.3 Å². The Morgan fingerprint density at radius 1 is 1.40 bits per heavy atom. The van der Waals surface area contributed by atoms with Crippen LogP contribution in [0.2, 0.25) is 0 Å². The topological polar surface area (TPSA) is 81.9 Å². The molecule has 1 N–H and O–H groups in total. The zero-order valence-corrected chi connectivity index (χ0v) is 14.0. The van der Waals surface area contributed by atoms with Crippen molar-refractivity contribution in [3.05, 3.63) is 47.9 Å². The molecule has 1 aliphatic heterocycles. The molecule has 1 saturated heterocycles. The van der Waals surface area contributed by atoms with Crippen LogP contribution >= 0.6 is 0 Å². The van der Waals surface area contributed by atoms with Crippen LogP contribution in [-0.2, 0) is 4.79 Å². The number of benzene rings is 1. The highest BCUT2D eigenvalue weighted by Crippen LogP contribution is 2.35. The summed E-state index contributed by atoms with van der Waals surface area (Å²) in [6.07, 6.45) is 1.55. The van der Waals surface area contributed by atoms with E-state index in [1.54, 1.807) is 6.92 Å². The molecule has 128 valence electrons. The van der Waals surface area contributed by atoms with Crippen molar-refractivity contribution in [2.24, 2.45) is 0 Å². The maximum absolute atomic E-state index is 14.3. The quantitative estimate of drug-likeness (QED) is 0.925. The summed E-state index contributed by atoms with van der Waals surface area (Å²) >= 11 is 0. The summed E-state index contributed by atoms with van der Waals surface area (Å²) in [5, 5.41) is 12.5. The van der Waals surface area contributed by atoms with Gasteiger partial charge in [-0.2, -0.15) is 10.2 Å². The minimum absolute atomic E-state index is 0.101. The number of carbonyl (C=O) groups excluding carboxylic acids is 1. The van der Waals surface area contributed by atoms with Gasteiger partial charge in [-0.3, -0.25) is 9.69 Å². The molecule has 0 radical (unpaired) electrons. The number of nitrogens with zero attached hydrogens (tertiary/aromatic N) is 4. The number of halogens is 1. The van der Waals surface area contributed by atoms with E-state index in [0.717, 1.165) is 16.7 Å². The summed E-state index contributed by atoms with van der Waals surface area (Å²) in [6, 6.07) is 11.7. The SMILES string of the molecule is C[C@H](Nc1ncc(F)c(N2C(=O)CCC2(C)C#N)n1)c1ccccc1. The van der Waals surface area contributed by atoms with Gasteiger partial charge in [0.1, 0.15) is 5.54 Å². The van der Waals surface area contributed by atoms with Crippen LogP contribution in [0.5, 0.6) is 0 Å². The molecule has 0 aliphatic carbocycles. The minimum atomic E-state index is -1.10. The van der Waals surface area contributed by atoms with Gasteiger partial charge < -0.3 is 5.32 Å². The molecular formula is C18H18FN5O. The molecule has 0 saturated carbocycles. The predicted molar refractivity (Wildman–Crippen MR) is 91.2 cm³/mol. The van der Waals surface area contributed by atoms with E-state index in [1.165, 1.54) is 0 Å². The van der Waals surface area contributed by atoms with Crippen molar-refractivity contribution >= 4 is 17.7 Å². The highest BCUT2D eigenvalue weighted by Gasteiger charge is 2.45. The number of nitrogens with one attached hydrogen (secondary N) is 1. The molecule has 1 amide bonds. The lowest BCUT2D eigenvalue weighted by Gasteiger charge is -2.28. The second kappa shape index (κ2) is 6.48.